The number of carbonyl (C=O) groups is 2. The van der Waals surface area contributed by atoms with Crippen molar-refractivity contribution >= 4 is 23.7 Å². The van der Waals surface area contributed by atoms with Crippen LogP contribution in [0.1, 0.15) is 82.0 Å². The third kappa shape index (κ3) is 6.23. The summed E-state index contributed by atoms with van der Waals surface area (Å²) in [4.78, 5) is 28.2. The van der Waals surface area contributed by atoms with Gasteiger partial charge in [-0.1, -0.05) is 17.7 Å². The number of fused-ring (bicyclic) bond motifs is 1. The maximum Gasteiger partial charge on any atom is 0.189 e. The van der Waals surface area contributed by atoms with Crippen LogP contribution in [0.15, 0.2) is 84.5 Å². The van der Waals surface area contributed by atoms with Gasteiger partial charge in [0.2, 0.25) is 0 Å². The molecule has 0 fully saturated rings. The summed E-state index contributed by atoms with van der Waals surface area (Å²) in [6, 6.07) is 13.4. The van der Waals surface area contributed by atoms with Crippen molar-refractivity contribution in [1.29, 1.82) is 0 Å². The molecule has 1 heterocycles. The second-order valence-corrected chi connectivity index (χ2v) is 13.2. The molecule has 6 rings (SSSR count). The van der Waals surface area contributed by atoms with Crippen molar-refractivity contribution in [1.82, 2.24) is 0 Å². The van der Waals surface area contributed by atoms with E-state index in [1.807, 2.05) is 13.8 Å². The predicted octanol–water partition coefficient (Wildman–Crippen LogP) is 7.42. The SMILES string of the molecule is CC1=CC(c2c(O)ccc(C(=O)C=Cc3ccc(O)cc3O)c2O)C(C(=O)c2ccc3c(c2O)C=CC(C)(C)O3)C(c2ccc(O)cc2O)C1. The van der Waals surface area contributed by atoms with E-state index in [-0.39, 0.29) is 57.4 Å². The Morgan fingerprint density at radius 2 is 1.48 bits per heavy atom. The number of ketones is 2. The lowest BCUT2D eigenvalue weighted by Crippen LogP contribution is -2.32. The molecule has 1 aliphatic carbocycles. The largest absolute Gasteiger partial charge is 0.508 e. The van der Waals surface area contributed by atoms with E-state index in [1.54, 1.807) is 31.2 Å². The summed E-state index contributed by atoms with van der Waals surface area (Å²) in [5, 5.41) is 75.1. The molecule has 7 N–H and O–H groups in total. The summed E-state index contributed by atoms with van der Waals surface area (Å²) in [5.74, 6) is -6.02. The summed E-state index contributed by atoms with van der Waals surface area (Å²) in [6.45, 7) is 5.50. The average molecular weight is 677 g/mol. The maximum atomic E-state index is 14.8. The zero-order valence-electron chi connectivity index (χ0n) is 27.5. The molecule has 0 aromatic heterocycles. The molecule has 50 heavy (non-hydrogen) atoms. The van der Waals surface area contributed by atoms with Gasteiger partial charge < -0.3 is 40.5 Å². The Labute approximate surface area is 287 Å². The van der Waals surface area contributed by atoms with Gasteiger partial charge in [0.25, 0.3) is 0 Å². The van der Waals surface area contributed by atoms with Crippen LogP contribution in [0.5, 0.6) is 46.0 Å². The quantitative estimate of drug-likeness (QED) is 0.0590. The average Bonchev–Trinajstić information content (AvgIpc) is 3.03. The highest BCUT2D eigenvalue weighted by atomic mass is 16.5. The minimum atomic E-state index is -1.14. The van der Waals surface area contributed by atoms with Crippen molar-refractivity contribution in [2.24, 2.45) is 5.92 Å². The lowest BCUT2D eigenvalue weighted by molar-refractivity contribution is 0.0876. The molecular weight excluding hydrogens is 640 g/mol. The molecule has 1 aliphatic heterocycles. The molecule has 0 radical (unpaired) electrons. The Kier molecular flexibility index (Phi) is 8.57. The highest BCUT2D eigenvalue weighted by Crippen LogP contribution is 2.53. The number of hydrogen-bond acceptors (Lipinski definition) is 10. The zero-order valence-corrected chi connectivity index (χ0v) is 27.5. The first-order valence-corrected chi connectivity index (χ1v) is 15.9. The molecule has 0 saturated heterocycles. The zero-order chi connectivity index (χ0) is 36.1. The maximum absolute atomic E-state index is 14.8. The van der Waals surface area contributed by atoms with Gasteiger partial charge in [-0.15, -0.1) is 0 Å². The number of benzene rings is 4. The van der Waals surface area contributed by atoms with Crippen LogP contribution in [0.3, 0.4) is 0 Å². The Morgan fingerprint density at radius 1 is 0.800 bits per heavy atom. The van der Waals surface area contributed by atoms with Crippen LogP contribution in [0.25, 0.3) is 12.2 Å². The molecule has 10 nitrogen and oxygen atoms in total. The molecule has 4 aromatic rings. The van der Waals surface area contributed by atoms with E-state index < -0.39 is 46.4 Å². The van der Waals surface area contributed by atoms with E-state index in [2.05, 4.69) is 0 Å². The topological polar surface area (TPSA) is 185 Å². The number of phenols is 7. The summed E-state index contributed by atoms with van der Waals surface area (Å²) >= 11 is 0. The minimum absolute atomic E-state index is 0.0502. The Bertz CT molecular complexity index is 2140. The first-order valence-electron chi connectivity index (χ1n) is 15.9. The van der Waals surface area contributed by atoms with Gasteiger partial charge >= 0.3 is 0 Å². The minimum Gasteiger partial charge on any atom is -0.508 e. The van der Waals surface area contributed by atoms with E-state index in [1.165, 1.54) is 48.5 Å². The van der Waals surface area contributed by atoms with Gasteiger partial charge in [0, 0.05) is 41.0 Å². The summed E-state index contributed by atoms with van der Waals surface area (Å²) in [6.07, 6.45) is 7.84. The Balaban J connectivity index is 1.49. The van der Waals surface area contributed by atoms with Gasteiger partial charge in [0.05, 0.1) is 16.7 Å². The van der Waals surface area contributed by atoms with Gasteiger partial charge in [0.15, 0.2) is 11.6 Å². The second-order valence-electron chi connectivity index (χ2n) is 13.2. The van der Waals surface area contributed by atoms with Crippen molar-refractivity contribution in [2.45, 2.75) is 44.6 Å². The van der Waals surface area contributed by atoms with E-state index in [4.69, 9.17) is 4.74 Å². The summed E-state index contributed by atoms with van der Waals surface area (Å²) in [5.41, 5.74) is 0.623. The number of ether oxygens (including phenoxy) is 1. The number of hydrogen-bond donors (Lipinski definition) is 7. The van der Waals surface area contributed by atoms with Gasteiger partial charge in [-0.25, -0.2) is 0 Å². The third-order valence-corrected chi connectivity index (χ3v) is 9.23. The standard InChI is InChI=1S/C40H36O10/c1-20-16-28(24-8-7-23(42)19-33(24)46)35(39(49)27-10-13-34-26(37(27)47)14-15-40(2,3)50-34)29(17-20)36-31(44)12-9-25(38(36)48)30(43)11-5-21-4-6-22(41)18-32(21)45/h4-15,17-19,28-29,35,41-42,44-48H,16H2,1-3H3. The first-order chi connectivity index (χ1) is 23.6. The van der Waals surface area contributed by atoms with Crippen molar-refractivity contribution in [2.75, 3.05) is 0 Å². The fourth-order valence-corrected chi connectivity index (χ4v) is 6.83. The van der Waals surface area contributed by atoms with Crippen LogP contribution in [0, 0.1) is 5.92 Å². The monoisotopic (exact) mass is 676 g/mol. The Morgan fingerprint density at radius 3 is 2.18 bits per heavy atom. The van der Waals surface area contributed by atoms with Crippen LogP contribution in [-0.2, 0) is 0 Å². The van der Waals surface area contributed by atoms with Crippen molar-refractivity contribution in [3.05, 3.63) is 118 Å². The normalized spacial score (nSPS) is 19.4. The van der Waals surface area contributed by atoms with Crippen LogP contribution < -0.4 is 4.74 Å². The molecule has 0 bridgehead atoms. The van der Waals surface area contributed by atoms with E-state index in [9.17, 15) is 45.3 Å². The van der Waals surface area contributed by atoms with E-state index >= 15 is 0 Å². The lowest BCUT2D eigenvalue weighted by Gasteiger charge is -2.37. The van der Waals surface area contributed by atoms with Crippen LogP contribution >= 0.6 is 0 Å². The molecule has 3 unspecified atom stereocenters. The van der Waals surface area contributed by atoms with Crippen molar-refractivity contribution in [3.8, 4) is 46.0 Å². The molecule has 3 atom stereocenters. The first kappa shape index (κ1) is 33.7. The molecule has 2 aliphatic rings. The molecule has 4 aromatic carbocycles. The number of phenolic OH excluding ortho intramolecular Hbond substituents is 7. The smallest absolute Gasteiger partial charge is 0.189 e. The molecule has 0 saturated carbocycles. The van der Waals surface area contributed by atoms with E-state index in [0.29, 0.717) is 16.9 Å². The molecular formula is C40H36O10. The number of aromatic hydroxyl groups is 7. The second kappa shape index (κ2) is 12.7. The van der Waals surface area contributed by atoms with Gasteiger partial charge in [-0.05, 0) is 99.5 Å². The third-order valence-electron chi connectivity index (χ3n) is 9.23. The highest BCUT2D eigenvalue weighted by molar-refractivity contribution is 6.09. The molecule has 256 valence electrons. The molecule has 0 amide bonds. The van der Waals surface area contributed by atoms with Crippen molar-refractivity contribution in [3.63, 3.8) is 0 Å². The number of rotatable bonds is 7. The number of carbonyl (C=O) groups excluding carboxylic acids is 2. The highest BCUT2D eigenvalue weighted by Gasteiger charge is 2.44. The fraction of sp³-hybridized carbons (Fsp3) is 0.200. The van der Waals surface area contributed by atoms with Gasteiger partial charge in [-0.2, -0.15) is 0 Å². The van der Waals surface area contributed by atoms with Gasteiger partial charge in [-0.3, -0.25) is 9.59 Å². The van der Waals surface area contributed by atoms with Crippen LogP contribution in [0.4, 0.5) is 0 Å². The van der Waals surface area contributed by atoms with Crippen LogP contribution in [-0.4, -0.2) is 52.9 Å². The fourth-order valence-electron chi connectivity index (χ4n) is 6.83. The Hall–Kier alpha value is -6.16. The molecule has 0 spiro atoms. The van der Waals surface area contributed by atoms with Crippen LogP contribution in [0.2, 0.25) is 0 Å². The number of Topliss-reactive ketones (excluding diaryl/α,β-unsaturated/α-hetero) is 1. The molecule has 10 heteroatoms. The summed E-state index contributed by atoms with van der Waals surface area (Å²) in [7, 11) is 0. The predicted molar refractivity (Wildman–Crippen MR) is 186 cm³/mol. The number of allylic oxidation sites excluding steroid dienone is 3. The van der Waals surface area contributed by atoms with E-state index in [0.717, 1.165) is 23.8 Å². The van der Waals surface area contributed by atoms with Gasteiger partial charge in [0.1, 0.15) is 51.6 Å². The lowest BCUT2D eigenvalue weighted by atomic mass is 9.65. The summed E-state index contributed by atoms with van der Waals surface area (Å²) < 4.78 is 5.98. The van der Waals surface area contributed by atoms with Crippen molar-refractivity contribution < 1.29 is 50.1 Å².